The molecule has 174 valence electrons. The molecule has 0 fully saturated rings. The second-order valence-corrected chi connectivity index (χ2v) is 8.69. The van der Waals surface area contributed by atoms with Crippen LogP contribution in [0.25, 0.3) is 0 Å². The standard InChI is InChI=1S/C24H31ClN2O5/c1-5-30-22(28)20(26)12-10-17-9-11-18(25)14-21(17)31-19-8-6-7-16(13-19)15-27-23(29)32-24(2,3)4/h6-9,11,13-14,20H,5,10,12,15,26H2,1-4H3,(H,27,29). The summed E-state index contributed by atoms with van der Waals surface area (Å²) in [7, 11) is 0. The third-order valence-electron chi connectivity index (χ3n) is 4.31. The summed E-state index contributed by atoms with van der Waals surface area (Å²) in [5.74, 6) is 0.742. The van der Waals surface area contributed by atoms with E-state index in [1.807, 2.05) is 51.1 Å². The largest absolute Gasteiger partial charge is 0.465 e. The fourth-order valence-electron chi connectivity index (χ4n) is 2.84. The summed E-state index contributed by atoms with van der Waals surface area (Å²) in [4.78, 5) is 23.7. The van der Waals surface area contributed by atoms with Crippen LogP contribution in [0.3, 0.4) is 0 Å². The molecular weight excluding hydrogens is 432 g/mol. The average Bonchev–Trinajstić information content (AvgIpc) is 2.71. The lowest BCUT2D eigenvalue weighted by atomic mass is 10.0. The minimum Gasteiger partial charge on any atom is -0.465 e. The van der Waals surface area contributed by atoms with Gasteiger partial charge in [-0.25, -0.2) is 4.79 Å². The van der Waals surface area contributed by atoms with Gasteiger partial charge in [0.2, 0.25) is 0 Å². The van der Waals surface area contributed by atoms with Crippen molar-refractivity contribution in [2.24, 2.45) is 5.73 Å². The maximum absolute atomic E-state index is 11.9. The van der Waals surface area contributed by atoms with Gasteiger partial charge in [0.25, 0.3) is 0 Å². The topological polar surface area (TPSA) is 99.9 Å². The van der Waals surface area contributed by atoms with Crippen LogP contribution in [0.5, 0.6) is 11.5 Å². The predicted octanol–water partition coefficient (Wildman–Crippen LogP) is 4.98. The van der Waals surface area contributed by atoms with Crippen molar-refractivity contribution in [3.63, 3.8) is 0 Å². The molecular formula is C24H31ClN2O5. The quantitative estimate of drug-likeness (QED) is 0.510. The smallest absolute Gasteiger partial charge is 0.407 e. The summed E-state index contributed by atoms with van der Waals surface area (Å²) in [6.07, 6.45) is 0.446. The molecule has 8 heteroatoms. The molecule has 7 nitrogen and oxygen atoms in total. The zero-order chi connectivity index (χ0) is 23.7. The number of nitrogens with one attached hydrogen (secondary N) is 1. The van der Waals surface area contributed by atoms with Gasteiger partial charge in [-0.3, -0.25) is 4.79 Å². The number of carbonyl (C=O) groups is 2. The van der Waals surface area contributed by atoms with Crippen molar-refractivity contribution in [1.29, 1.82) is 0 Å². The van der Waals surface area contributed by atoms with E-state index in [0.717, 1.165) is 11.1 Å². The van der Waals surface area contributed by atoms with Crippen LogP contribution in [-0.2, 0) is 27.2 Å². The summed E-state index contributed by atoms with van der Waals surface area (Å²) < 4.78 is 16.3. The Morgan fingerprint density at radius 1 is 1.16 bits per heavy atom. The van der Waals surface area contributed by atoms with Gasteiger partial charge in [0.15, 0.2) is 0 Å². The predicted molar refractivity (Wildman–Crippen MR) is 124 cm³/mol. The molecule has 0 aliphatic heterocycles. The number of rotatable bonds is 9. The Bertz CT molecular complexity index is 927. The molecule has 0 aromatic heterocycles. The van der Waals surface area contributed by atoms with Crippen molar-refractivity contribution in [2.75, 3.05) is 6.61 Å². The Kier molecular flexibility index (Phi) is 9.35. The van der Waals surface area contributed by atoms with Crippen LogP contribution in [-0.4, -0.2) is 30.3 Å². The maximum Gasteiger partial charge on any atom is 0.407 e. The SMILES string of the molecule is CCOC(=O)C(N)CCc1ccc(Cl)cc1Oc1cccc(CNC(=O)OC(C)(C)C)c1. The summed E-state index contributed by atoms with van der Waals surface area (Å²) >= 11 is 6.17. The number of hydrogen-bond acceptors (Lipinski definition) is 6. The lowest BCUT2D eigenvalue weighted by molar-refractivity contribution is -0.144. The molecule has 1 unspecified atom stereocenters. The van der Waals surface area contributed by atoms with Crippen molar-refractivity contribution in [2.45, 2.75) is 58.7 Å². The van der Waals surface area contributed by atoms with Crippen LogP contribution in [0.4, 0.5) is 4.79 Å². The van der Waals surface area contributed by atoms with Crippen LogP contribution in [0.1, 0.15) is 45.2 Å². The highest BCUT2D eigenvalue weighted by atomic mass is 35.5. The van der Waals surface area contributed by atoms with E-state index in [-0.39, 0.29) is 0 Å². The Morgan fingerprint density at radius 3 is 2.59 bits per heavy atom. The highest BCUT2D eigenvalue weighted by Crippen LogP contribution is 2.30. The number of alkyl carbamates (subject to hydrolysis) is 1. The van der Waals surface area contributed by atoms with Gasteiger partial charge in [-0.2, -0.15) is 0 Å². The molecule has 0 aliphatic rings. The lowest BCUT2D eigenvalue weighted by Crippen LogP contribution is -2.32. The zero-order valence-electron chi connectivity index (χ0n) is 18.9. The second-order valence-electron chi connectivity index (χ2n) is 8.25. The van der Waals surface area contributed by atoms with Gasteiger partial charge in [-0.1, -0.05) is 29.8 Å². The Hall–Kier alpha value is -2.77. The number of nitrogens with two attached hydrogens (primary N) is 1. The van der Waals surface area contributed by atoms with Crippen LogP contribution >= 0.6 is 11.6 Å². The number of hydrogen-bond donors (Lipinski definition) is 2. The van der Waals surface area contributed by atoms with Crippen molar-refractivity contribution >= 4 is 23.7 Å². The molecule has 0 spiro atoms. The number of carbonyl (C=O) groups excluding carboxylic acids is 2. The van der Waals surface area contributed by atoms with E-state index in [4.69, 9.17) is 31.5 Å². The number of esters is 1. The van der Waals surface area contributed by atoms with E-state index < -0.39 is 23.7 Å². The number of ether oxygens (including phenoxy) is 3. The highest BCUT2D eigenvalue weighted by molar-refractivity contribution is 6.30. The van der Waals surface area contributed by atoms with Gasteiger partial charge < -0.3 is 25.3 Å². The van der Waals surface area contributed by atoms with E-state index in [9.17, 15) is 9.59 Å². The minimum absolute atomic E-state index is 0.293. The van der Waals surface area contributed by atoms with E-state index in [1.54, 1.807) is 19.1 Å². The van der Waals surface area contributed by atoms with E-state index in [1.165, 1.54) is 0 Å². The van der Waals surface area contributed by atoms with Gasteiger partial charge in [-0.05, 0) is 75.9 Å². The van der Waals surface area contributed by atoms with Crippen molar-refractivity contribution in [1.82, 2.24) is 5.32 Å². The van der Waals surface area contributed by atoms with Gasteiger partial charge in [0, 0.05) is 11.6 Å². The zero-order valence-corrected chi connectivity index (χ0v) is 19.7. The first kappa shape index (κ1) is 25.5. The fourth-order valence-corrected chi connectivity index (χ4v) is 3.00. The normalized spacial score (nSPS) is 12.1. The van der Waals surface area contributed by atoms with Crippen LogP contribution in [0.15, 0.2) is 42.5 Å². The molecule has 0 saturated carbocycles. The Balaban J connectivity index is 2.05. The van der Waals surface area contributed by atoms with Crippen molar-refractivity contribution < 1.29 is 23.8 Å². The van der Waals surface area contributed by atoms with Crippen molar-refractivity contribution in [3.05, 3.63) is 58.6 Å². The third kappa shape index (κ3) is 8.77. The second kappa shape index (κ2) is 11.7. The van der Waals surface area contributed by atoms with E-state index in [2.05, 4.69) is 5.32 Å². The fraction of sp³-hybridized carbons (Fsp3) is 0.417. The van der Waals surface area contributed by atoms with Gasteiger partial charge in [-0.15, -0.1) is 0 Å². The third-order valence-corrected chi connectivity index (χ3v) is 4.54. The van der Waals surface area contributed by atoms with Gasteiger partial charge >= 0.3 is 12.1 Å². The van der Waals surface area contributed by atoms with Crippen LogP contribution in [0, 0.1) is 0 Å². The first-order valence-electron chi connectivity index (χ1n) is 10.5. The molecule has 0 bridgehead atoms. The molecule has 0 aliphatic carbocycles. The van der Waals surface area contributed by atoms with E-state index >= 15 is 0 Å². The van der Waals surface area contributed by atoms with Crippen molar-refractivity contribution in [3.8, 4) is 11.5 Å². The van der Waals surface area contributed by atoms with Crippen LogP contribution in [0.2, 0.25) is 5.02 Å². The van der Waals surface area contributed by atoms with Gasteiger partial charge in [0.1, 0.15) is 23.1 Å². The minimum atomic E-state index is -0.708. The molecule has 1 amide bonds. The summed E-state index contributed by atoms with van der Waals surface area (Å²) in [6.45, 7) is 7.76. The summed E-state index contributed by atoms with van der Waals surface area (Å²) in [6, 6.07) is 12.0. The monoisotopic (exact) mass is 462 g/mol. The summed E-state index contributed by atoms with van der Waals surface area (Å²) in [5.41, 5.74) is 7.07. The number of amides is 1. The van der Waals surface area contributed by atoms with Gasteiger partial charge in [0.05, 0.1) is 6.61 Å². The Morgan fingerprint density at radius 2 is 1.91 bits per heavy atom. The number of benzene rings is 2. The average molecular weight is 463 g/mol. The first-order chi connectivity index (χ1) is 15.1. The highest BCUT2D eigenvalue weighted by Gasteiger charge is 2.17. The molecule has 0 saturated heterocycles. The lowest BCUT2D eigenvalue weighted by Gasteiger charge is -2.19. The van der Waals surface area contributed by atoms with Crippen LogP contribution < -0.4 is 15.8 Å². The molecule has 32 heavy (non-hydrogen) atoms. The number of aryl methyl sites for hydroxylation is 1. The Labute approximate surface area is 194 Å². The molecule has 2 aromatic rings. The summed E-state index contributed by atoms with van der Waals surface area (Å²) in [5, 5.41) is 3.25. The van der Waals surface area contributed by atoms with E-state index in [0.29, 0.717) is 42.5 Å². The molecule has 0 radical (unpaired) electrons. The molecule has 3 N–H and O–H groups in total. The molecule has 1 atom stereocenters. The number of halogens is 1. The first-order valence-corrected chi connectivity index (χ1v) is 10.9. The molecule has 0 heterocycles. The molecule has 2 rings (SSSR count). The maximum atomic E-state index is 11.9. The molecule has 2 aromatic carbocycles.